The fourth-order valence-corrected chi connectivity index (χ4v) is 3.33. The predicted octanol–water partition coefficient (Wildman–Crippen LogP) is 2.06. The lowest BCUT2D eigenvalue weighted by atomic mass is 10.0. The predicted molar refractivity (Wildman–Crippen MR) is 83.8 cm³/mol. The van der Waals surface area contributed by atoms with Crippen molar-refractivity contribution in [2.24, 2.45) is 5.92 Å². The third-order valence-corrected chi connectivity index (χ3v) is 4.72. The number of rotatable bonds is 4. The number of amides is 1. The Kier molecular flexibility index (Phi) is 4.74. The zero-order chi connectivity index (χ0) is 15.4. The molecule has 0 bridgehead atoms. The van der Waals surface area contributed by atoms with Gasteiger partial charge in [-0.25, -0.2) is 15.0 Å². The Hall–Kier alpha value is -1.86. The Labute approximate surface area is 133 Å². The lowest BCUT2D eigenvalue weighted by Gasteiger charge is -2.22. The highest BCUT2D eigenvalue weighted by Crippen LogP contribution is 2.25. The van der Waals surface area contributed by atoms with Gasteiger partial charge in [0, 0.05) is 25.5 Å². The number of hydrogen-bond donors (Lipinski definition) is 1. The third kappa shape index (κ3) is 3.48. The second-order valence-electron chi connectivity index (χ2n) is 5.30. The maximum Gasteiger partial charge on any atom is 0.263 e. The van der Waals surface area contributed by atoms with Crippen LogP contribution in [0, 0.1) is 12.8 Å². The first-order valence-electron chi connectivity index (χ1n) is 7.35. The molecule has 6 nitrogen and oxygen atoms in total. The van der Waals surface area contributed by atoms with Crippen molar-refractivity contribution in [2.45, 2.75) is 19.8 Å². The van der Waals surface area contributed by atoms with Crippen LogP contribution in [0.2, 0.25) is 0 Å². The van der Waals surface area contributed by atoms with E-state index in [-0.39, 0.29) is 5.91 Å². The Balaban J connectivity index is 1.66. The number of ether oxygens (including phenoxy) is 1. The molecule has 1 amide bonds. The van der Waals surface area contributed by atoms with Gasteiger partial charge in [0.2, 0.25) is 0 Å². The lowest BCUT2D eigenvalue weighted by Crippen LogP contribution is -2.33. The van der Waals surface area contributed by atoms with Gasteiger partial charge in [0.25, 0.3) is 5.91 Å². The molecule has 116 valence electrons. The topological polar surface area (TPSA) is 77.0 Å². The molecule has 0 spiro atoms. The molecule has 7 heteroatoms. The van der Waals surface area contributed by atoms with Crippen LogP contribution in [0.15, 0.2) is 18.5 Å². The Morgan fingerprint density at radius 2 is 2.27 bits per heavy atom. The van der Waals surface area contributed by atoms with Crippen LogP contribution in [0.3, 0.4) is 0 Å². The van der Waals surface area contributed by atoms with E-state index in [0.29, 0.717) is 33.9 Å². The van der Waals surface area contributed by atoms with Crippen molar-refractivity contribution in [3.63, 3.8) is 0 Å². The van der Waals surface area contributed by atoms with E-state index in [0.717, 1.165) is 26.1 Å². The zero-order valence-electron chi connectivity index (χ0n) is 12.4. The van der Waals surface area contributed by atoms with Crippen molar-refractivity contribution in [3.8, 4) is 10.8 Å². The number of carbonyl (C=O) groups excluding carboxylic acids is 1. The SMILES string of the molecule is Cc1nc(-c2ncccn2)sc1C(=O)NCC1CCCOC1. The first-order chi connectivity index (χ1) is 10.7. The summed E-state index contributed by atoms with van der Waals surface area (Å²) in [6.07, 6.45) is 5.50. The molecule has 1 aliphatic rings. The van der Waals surface area contributed by atoms with Crippen LogP contribution in [0.1, 0.15) is 28.2 Å². The average Bonchev–Trinajstić information content (AvgIpc) is 2.96. The maximum absolute atomic E-state index is 12.3. The summed E-state index contributed by atoms with van der Waals surface area (Å²) in [6, 6.07) is 1.75. The summed E-state index contributed by atoms with van der Waals surface area (Å²) in [4.78, 5) is 25.7. The fraction of sp³-hybridized carbons (Fsp3) is 0.467. The molecule has 1 saturated heterocycles. The molecular weight excluding hydrogens is 300 g/mol. The molecule has 3 rings (SSSR count). The van der Waals surface area contributed by atoms with Crippen LogP contribution < -0.4 is 5.32 Å². The molecule has 1 unspecified atom stereocenters. The molecule has 3 heterocycles. The summed E-state index contributed by atoms with van der Waals surface area (Å²) < 4.78 is 5.43. The van der Waals surface area contributed by atoms with Gasteiger partial charge in [-0.05, 0) is 31.7 Å². The second kappa shape index (κ2) is 6.93. The molecule has 1 aliphatic heterocycles. The Morgan fingerprint density at radius 1 is 1.45 bits per heavy atom. The number of thiazole rings is 1. The minimum absolute atomic E-state index is 0.0808. The van der Waals surface area contributed by atoms with Crippen molar-refractivity contribution in [2.75, 3.05) is 19.8 Å². The largest absolute Gasteiger partial charge is 0.381 e. The molecule has 0 aliphatic carbocycles. The summed E-state index contributed by atoms with van der Waals surface area (Å²) in [5, 5.41) is 3.66. The van der Waals surface area contributed by atoms with Gasteiger partial charge in [0.05, 0.1) is 12.3 Å². The third-order valence-electron chi connectivity index (χ3n) is 3.57. The maximum atomic E-state index is 12.3. The minimum atomic E-state index is -0.0808. The van der Waals surface area contributed by atoms with Crippen LogP contribution in [-0.4, -0.2) is 40.6 Å². The van der Waals surface area contributed by atoms with Gasteiger partial charge < -0.3 is 10.1 Å². The molecule has 0 saturated carbocycles. The number of carbonyl (C=O) groups is 1. The molecule has 2 aromatic rings. The van der Waals surface area contributed by atoms with E-state index >= 15 is 0 Å². The highest BCUT2D eigenvalue weighted by atomic mass is 32.1. The van der Waals surface area contributed by atoms with E-state index in [4.69, 9.17) is 4.74 Å². The van der Waals surface area contributed by atoms with E-state index in [1.54, 1.807) is 18.5 Å². The van der Waals surface area contributed by atoms with Crippen LogP contribution in [-0.2, 0) is 4.74 Å². The summed E-state index contributed by atoms with van der Waals surface area (Å²) in [6.45, 7) is 4.04. The van der Waals surface area contributed by atoms with Gasteiger partial charge in [0.1, 0.15) is 4.88 Å². The van der Waals surface area contributed by atoms with Crippen LogP contribution in [0.5, 0.6) is 0 Å². The van der Waals surface area contributed by atoms with Crippen LogP contribution >= 0.6 is 11.3 Å². The van der Waals surface area contributed by atoms with Gasteiger partial charge >= 0.3 is 0 Å². The quantitative estimate of drug-likeness (QED) is 0.934. The van der Waals surface area contributed by atoms with E-state index in [1.165, 1.54) is 11.3 Å². The van der Waals surface area contributed by atoms with Gasteiger partial charge in [-0.1, -0.05) is 0 Å². The molecular formula is C15H18N4O2S. The highest BCUT2D eigenvalue weighted by molar-refractivity contribution is 7.17. The van der Waals surface area contributed by atoms with Crippen molar-refractivity contribution in [1.82, 2.24) is 20.3 Å². The lowest BCUT2D eigenvalue weighted by molar-refractivity contribution is 0.0536. The van der Waals surface area contributed by atoms with Crippen molar-refractivity contribution in [3.05, 3.63) is 29.0 Å². The fourth-order valence-electron chi connectivity index (χ4n) is 2.40. The number of aromatic nitrogens is 3. The molecule has 1 N–H and O–H groups in total. The first-order valence-corrected chi connectivity index (χ1v) is 8.16. The van der Waals surface area contributed by atoms with Crippen LogP contribution in [0.25, 0.3) is 10.8 Å². The molecule has 2 aromatic heterocycles. The summed E-state index contributed by atoms with van der Waals surface area (Å²) in [5.41, 5.74) is 0.713. The number of aryl methyl sites for hydroxylation is 1. The standard InChI is InChI=1S/C15H18N4O2S/c1-10-12(14(20)18-8-11-4-2-7-21-9-11)22-15(19-10)13-16-5-3-6-17-13/h3,5-6,11H,2,4,7-9H2,1H3,(H,18,20). The van der Waals surface area contributed by atoms with Crippen molar-refractivity contribution >= 4 is 17.2 Å². The zero-order valence-corrected chi connectivity index (χ0v) is 13.2. The smallest absolute Gasteiger partial charge is 0.263 e. The van der Waals surface area contributed by atoms with E-state index in [9.17, 15) is 4.79 Å². The van der Waals surface area contributed by atoms with Crippen molar-refractivity contribution in [1.29, 1.82) is 0 Å². The van der Waals surface area contributed by atoms with Gasteiger partial charge in [-0.15, -0.1) is 11.3 Å². The molecule has 1 fully saturated rings. The molecule has 22 heavy (non-hydrogen) atoms. The van der Waals surface area contributed by atoms with Gasteiger partial charge in [-0.3, -0.25) is 4.79 Å². The van der Waals surface area contributed by atoms with Gasteiger partial charge in [-0.2, -0.15) is 0 Å². The first kappa shape index (κ1) is 15.1. The molecule has 1 atom stereocenters. The monoisotopic (exact) mass is 318 g/mol. The normalized spacial score (nSPS) is 18.1. The number of nitrogens with zero attached hydrogens (tertiary/aromatic N) is 3. The highest BCUT2D eigenvalue weighted by Gasteiger charge is 2.19. The van der Waals surface area contributed by atoms with E-state index in [1.807, 2.05) is 6.92 Å². The molecule has 0 radical (unpaired) electrons. The average molecular weight is 318 g/mol. The molecule has 0 aromatic carbocycles. The second-order valence-corrected chi connectivity index (χ2v) is 6.30. The summed E-state index contributed by atoms with van der Waals surface area (Å²) >= 11 is 1.33. The van der Waals surface area contributed by atoms with E-state index in [2.05, 4.69) is 20.3 Å². The van der Waals surface area contributed by atoms with Gasteiger partial charge in [0.15, 0.2) is 10.8 Å². The number of hydrogen-bond acceptors (Lipinski definition) is 6. The van der Waals surface area contributed by atoms with Crippen LogP contribution in [0.4, 0.5) is 0 Å². The van der Waals surface area contributed by atoms with Crippen molar-refractivity contribution < 1.29 is 9.53 Å². The Morgan fingerprint density at radius 3 is 3.00 bits per heavy atom. The minimum Gasteiger partial charge on any atom is -0.381 e. The summed E-state index contributed by atoms with van der Waals surface area (Å²) in [5.74, 6) is 0.876. The Bertz CT molecular complexity index is 638. The number of nitrogens with one attached hydrogen (secondary N) is 1. The van der Waals surface area contributed by atoms with E-state index < -0.39 is 0 Å². The summed E-state index contributed by atoms with van der Waals surface area (Å²) in [7, 11) is 0.